The molecule has 0 bridgehead atoms. The molecule has 0 amide bonds. The number of rotatable bonds is 11. The van der Waals surface area contributed by atoms with Gasteiger partial charge >= 0.3 is 30.4 Å². The van der Waals surface area contributed by atoms with Crippen LogP contribution in [0.2, 0.25) is 0 Å². The van der Waals surface area contributed by atoms with E-state index in [0.717, 1.165) is 6.07 Å². The van der Waals surface area contributed by atoms with Crippen LogP contribution < -0.4 is 12.5 Å². The minimum absolute atomic E-state index is 0.0179. The summed E-state index contributed by atoms with van der Waals surface area (Å²) < 4.78 is 98.2. The van der Waals surface area contributed by atoms with E-state index in [0.29, 0.717) is 32.3 Å². The van der Waals surface area contributed by atoms with Gasteiger partial charge in [-0.05, 0) is 70.8 Å². The maximum Gasteiger partial charge on any atom is 0.339 e. The Bertz CT molecular complexity index is 3160. The standard InChI is InChI=1S/C43H28O10S3/c44-43(32-22-24-33(25-23-32)51-54(45,46)40-19-7-13-29-10-1-4-16-35(29)40)38-27-26-34(52-55(47,48)41-20-8-14-30-11-2-5-17-36(30)41)28-39(38)53-56(49,50)42-21-9-15-31-12-3-6-18-37(31)42/h1-28H. The average Bonchev–Trinajstić information content (AvgIpc) is 3.20. The normalized spacial score (nSPS) is 12.1. The fourth-order valence-corrected chi connectivity index (χ4v) is 9.84. The van der Waals surface area contributed by atoms with Crippen LogP contribution in [0.3, 0.4) is 0 Å². The second kappa shape index (κ2) is 14.3. The topological polar surface area (TPSA) is 147 Å². The molecule has 0 aromatic heterocycles. The maximum absolute atomic E-state index is 14.0. The summed E-state index contributed by atoms with van der Waals surface area (Å²) in [4.78, 5) is 13.7. The van der Waals surface area contributed by atoms with Crippen LogP contribution in [0.4, 0.5) is 0 Å². The molecule has 0 radical (unpaired) electrons. The molecule has 56 heavy (non-hydrogen) atoms. The van der Waals surface area contributed by atoms with Gasteiger partial charge in [-0.25, -0.2) is 0 Å². The molecule has 0 aliphatic rings. The molecular formula is C43H28O10S3. The van der Waals surface area contributed by atoms with Crippen LogP contribution in [0.15, 0.2) is 185 Å². The molecule has 0 heterocycles. The molecule has 8 aromatic rings. The molecule has 0 spiro atoms. The van der Waals surface area contributed by atoms with Crippen molar-refractivity contribution < 1.29 is 42.6 Å². The first kappa shape index (κ1) is 36.4. The van der Waals surface area contributed by atoms with Crippen molar-refractivity contribution in [2.75, 3.05) is 0 Å². The zero-order chi connectivity index (χ0) is 39.1. The number of carbonyl (C=O) groups is 1. The van der Waals surface area contributed by atoms with E-state index in [4.69, 9.17) is 12.5 Å². The highest BCUT2D eigenvalue weighted by Gasteiger charge is 2.27. The van der Waals surface area contributed by atoms with Gasteiger partial charge in [0.2, 0.25) is 0 Å². The Kier molecular flexibility index (Phi) is 9.28. The first-order valence-corrected chi connectivity index (χ1v) is 21.2. The Morgan fingerprint density at radius 2 is 0.750 bits per heavy atom. The summed E-state index contributed by atoms with van der Waals surface area (Å²) in [5, 5.41) is 3.24. The van der Waals surface area contributed by atoms with E-state index < -0.39 is 41.9 Å². The predicted octanol–water partition coefficient (Wildman–Crippen LogP) is 8.68. The summed E-state index contributed by atoms with van der Waals surface area (Å²) in [5.74, 6) is -1.63. The van der Waals surface area contributed by atoms with Crippen LogP contribution in [0.25, 0.3) is 32.3 Å². The van der Waals surface area contributed by atoms with Crippen molar-refractivity contribution in [1.29, 1.82) is 0 Å². The molecule has 0 saturated carbocycles. The predicted molar refractivity (Wildman–Crippen MR) is 212 cm³/mol. The number of hydrogen-bond donors (Lipinski definition) is 0. The van der Waals surface area contributed by atoms with Crippen LogP contribution in [0.5, 0.6) is 17.2 Å². The fraction of sp³-hybridized carbons (Fsp3) is 0. The number of carbonyl (C=O) groups excluding carboxylic acids is 1. The van der Waals surface area contributed by atoms with Crippen LogP contribution in [0, 0.1) is 0 Å². The summed E-state index contributed by atoms with van der Waals surface area (Å²) in [5.41, 5.74) is -0.231. The van der Waals surface area contributed by atoms with Gasteiger partial charge in [-0.2, -0.15) is 25.3 Å². The van der Waals surface area contributed by atoms with Gasteiger partial charge in [0.1, 0.15) is 26.2 Å². The molecule has 0 aliphatic heterocycles. The highest BCUT2D eigenvalue weighted by atomic mass is 32.2. The molecule has 0 aliphatic carbocycles. The van der Waals surface area contributed by atoms with Crippen LogP contribution in [0.1, 0.15) is 15.9 Å². The highest BCUT2D eigenvalue weighted by Crippen LogP contribution is 2.35. The third kappa shape index (κ3) is 7.06. The lowest BCUT2D eigenvalue weighted by Crippen LogP contribution is -2.15. The Labute approximate surface area is 322 Å². The van der Waals surface area contributed by atoms with Crippen molar-refractivity contribution >= 4 is 68.5 Å². The number of hydrogen-bond acceptors (Lipinski definition) is 10. The molecule has 0 N–H and O–H groups in total. The summed E-state index contributed by atoms with van der Waals surface area (Å²) in [6.07, 6.45) is 0. The SMILES string of the molecule is O=C(c1ccc(OS(=O)(=O)c2cccc3ccccc23)cc1)c1ccc(OS(=O)(=O)c2cccc3ccccc23)cc1OS(=O)(=O)c1cccc2ccccc12. The molecular weight excluding hydrogens is 773 g/mol. The van der Waals surface area contributed by atoms with Gasteiger partial charge in [0, 0.05) is 27.8 Å². The Morgan fingerprint density at radius 3 is 1.21 bits per heavy atom. The summed E-state index contributed by atoms with van der Waals surface area (Å²) in [7, 11) is -13.4. The lowest BCUT2D eigenvalue weighted by atomic mass is 10.0. The second-order valence-electron chi connectivity index (χ2n) is 12.6. The minimum atomic E-state index is -4.63. The van der Waals surface area contributed by atoms with Crippen LogP contribution in [-0.4, -0.2) is 31.0 Å². The molecule has 278 valence electrons. The lowest BCUT2D eigenvalue weighted by molar-refractivity contribution is 0.103. The average molecular weight is 801 g/mol. The van der Waals surface area contributed by atoms with Crippen molar-refractivity contribution in [3.05, 3.63) is 181 Å². The summed E-state index contributed by atoms with van der Waals surface area (Å²) in [6, 6.07) is 43.4. The van der Waals surface area contributed by atoms with Gasteiger partial charge in [-0.3, -0.25) is 4.79 Å². The molecule has 13 heteroatoms. The molecule has 0 saturated heterocycles. The summed E-state index contributed by atoms with van der Waals surface area (Å²) in [6.45, 7) is 0. The van der Waals surface area contributed by atoms with E-state index >= 15 is 0 Å². The number of benzene rings is 8. The fourth-order valence-electron chi connectivity index (χ4n) is 6.38. The third-order valence-electron chi connectivity index (χ3n) is 8.98. The van der Waals surface area contributed by atoms with E-state index in [-0.39, 0.29) is 37.3 Å². The van der Waals surface area contributed by atoms with Gasteiger partial charge in [0.25, 0.3) is 0 Å². The zero-order valence-corrected chi connectivity index (χ0v) is 31.4. The van der Waals surface area contributed by atoms with Crippen LogP contribution in [-0.2, 0) is 30.4 Å². The lowest BCUT2D eigenvalue weighted by Gasteiger charge is -2.15. The largest absolute Gasteiger partial charge is 0.379 e. The van der Waals surface area contributed by atoms with Gasteiger partial charge in [-0.1, -0.05) is 109 Å². The molecule has 10 nitrogen and oxygen atoms in total. The zero-order valence-electron chi connectivity index (χ0n) is 29.0. The van der Waals surface area contributed by atoms with E-state index in [1.54, 1.807) is 109 Å². The highest BCUT2D eigenvalue weighted by molar-refractivity contribution is 7.88. The second-order valence-corrected chi connectivity index (χ2v) is 17.1. The number of fused-ring (bicyclic) bond motifs is 3. The molecule has 8 aromatic carbocycles. The van der Waals surface area contributed by atoms with E-state index in [9.17, 15) is 30.0 Å². The smallest absolute Gasteiger partial charge is 0.339 e. The van der Waals surface area contributed by atoms with E-state index in [1.807, 2.05) is 0 Å². The third-order valence-corrected chi connectivity index (χ3v) is 12.9. The van der Waals surface area contributed by atoms with Gasteiger partial charge < -0.3 is 12.5 Å². The quantitative estimate of drug-likeness (QED) is 0.0920. The first-order valence-electron chi connectivity index (χ1n) is 17.0. The maximum atomic E-state index is 14.0. The first-order chi connectivity index (χ1) is 26.9. The van der Waals surface area contributed by atoms with Crippen LogP contribution >= 0.6 is 0 Å². The molecule has 8 rings (SSSR count). The minimum Gasteiger partial charge on any atom is -0.379 e. The van der Waals surface area contributed by atoms with E-state index in [2.05, 4.69) is 0 Å². The van der Waals surface area contributed by atoms with Crippen molar-refractivity contribution in [2.45, 2.75) is 14.7 Å². The van der Waals surface area contributed by atoms with Crippen molar-refractivity contribution in [2.24, 2.45) is 0 Å². The molecule has 0 fully saturated rings. The molecule has 0 atom stereocenters. The van der Waals surface area contributed by atoms with Gasteiger partial charge in [0.15, 0.2) is 11.5 Å². The van der Waals surface area contributed by atoms with Crippen molar-refractivity contribution in [1.82, 2.24) is 0 Å². The van der Waals surface area contributed by atoms with Gasteiger partial charge in [0.05, 0.1) is 5.56 Å². The van der Waals surface area contributed by atoms with Crippen molar-refractivity contribution in [3.63, 3.8) is 0 Å². The van der Waals surface area contributed by atoms with Gasteiger partial charge in [-0.15, -0.1) is 0 Å². The monoisotopic (exact) mass is 800 g/mol. The Hall–Kier alpha value is -6.54. The number of ketones is 1. The Morgan fingerprint density at radius 1 is 0.375 bits per heavy atom. The van der Waals surface area contributed by atoms with E-state index in [1.165, 1.54) is 54.6 Å². The van der Waals surface area contributed by atoms with Crippen molar-refractivity contribution in [3.8, 4) is 17.2 Å². The summed E-state index contributed by atoms with van der Waals surface area (Å²) >= 11 is 0. The Balaban J connectivity index is 1.14. The molecule has 0 unspecified atom stereocenters.